The van der Waals surface area contributed by atoms with Gasteiger partial charge in [0.25, 0.3) is 0 Å². The van der Waals surface area contributed by atoms with Crippen molar-refractivity contribution < 1.29 is 14.3 Å². The molecule has 0 radical (unpaired) electrons. The van der Waals surface area contributed by atoms with E-state index in [1.54, 1.807) is 6.07 Å². The highest BCUT2D eigenvalue weighted by Gasteiger charge is 2.13. The average molecular weight is 235 g/mol. The number of hydrogen-bond acceptors (Lipinski definition) is 4. The van der Waals surface area contributed by atoms with Crippen LogP contribution in [0.3, 0.4) is 0 Å². The predicted octanol–water partition coefficient (Wildman–Crippen LogP) is 1.89. The fraction of sp³-hybridized carbons (Fsp3) is 0.385. The minimum Gasteiger partial charge on any atom is -0.469 e. The van der Waals surface area contributed by atoms with E-state index < -0.39 is 0 Å². The van der Waals surface area contributed by atoms with E-state index in [2.05, 4.69) is 4.74 Å². The molecule has 0 aromatic heterocycles. The average Bonchev–Trinajstić information content (AvgIpc) is 2.35. The zero-order chi connectivity index (χ0) is 12.8. The van der Waals surface area contributed by atoms with Crippen LogP contribution in [0.2, 0.25) is 0 Å². The van der Waals surface area contributed by atoms with Crippen LogP contribution in [0, 0.1) is 0 Å². The molecule has 0 aliphatic carbocycles. The van der Waals surface area contributed by atoms with Crippen molar-refractivity contribution in [3.05, 3.63) is 29.8 Å². The van der Waals surface area contributed by atoms with E-state index in [4.69, 9.17) is 0 Å². The van der Waals surface area contributed by atoms with Crippen LogP contribution in [0.25, 0.3) is 0 Å². The standard InChI is InChI=1S/C13H17NO3/c1-14(2)11-7-5-4-6-10(11)12(15)8-9-13(16)17-3/h4-7H,8-9H2,1-3H3. The van der Waals surface area contributed by atoms with E-state index in [0.717, 1.165) is 5.69 Å². The number of ketones is 1. The first-order valence-corrected chi connectivity index (χ1v) is 5.42. The van der Waals surface area contributed by atoms with Crippen molar-refractivity contribution in [2.75, 3.05) is 26.1 Å². The quantitative estimate of drug-likeness (QED) is 0.577. The number of para-hydroxylation sites is 1. The van der Waals surface area contributed by atoms with Gasteiger partial charge < -0.3 is 9.64 Å². The van der Waals surface area contributed by atoms with Crippen LogP contribution in [0.5, 0.6) is 0 Å². The Morgan fingerprint density at radius 1 is 1.18 bits per heavy atom. The molecule has 0 N–H and O–H groups in total. The number of esters is 1. The number of carbonyl (C=O) groups is 2. The Labute approximate surface area is 101 Å². The monoisotopic (exact) mass is 235 g/mol. The number of hydrogen-bond donors (Lipinski definition) is 0. The number of ether oxygens (including phenoxy) is 1. The van der Waals surface area contributed by atoms with Crippen LogP contribution in [0.4, 0.5) is 5.69 Å². The lowest BCUT2D eigenvalue weighted by molar-refractivity contribution is -0.140. The molecule has 1 rings (SSSR count). The number of methoxy groups -OCH3 is 1. The smallest absolute Gasteiger partial charge is 0.305 e. The van der Waals surface area contributed by atoms with Gasteiger partial charge in [-0.2, -0.15) is 0 Å². The third-order valence-electron chi connectivity index (χ3n) is 2.47. The van der Waals surface area contributed by atoms with Crippen LogP contribution in [-0.2, 0) is 9.53 Å². The molecule has 0 aliphatic rings. The lowest BCUT2D eigenvalue weighted by atomic mass is 10.0. The van der Waals surface area contributed by atoms with Gasteiger partial charge in [0.05, 0.1) is 13.5 Å². The van der Waals surface area contributed by atoms with Gasteiger partial charge in [0.1, 0.15) is 0 Å². The highest BCUT2D eigenvalue weighted by Crippen LogP contribution is 2.20. The number of Topliss-reactive ketones (excluding diaryl/α,β-unsaturated/α-hetero) is 1. The Kier molecular flexibility index (Phi) is 4.69. The molecule has 0 amide bonds. The molecule has 0 saturated carbocycles. The van der Waals surface area contributed by atoms with Crippen LogP contribution in [0.1, 0.15) is 23.2 Å². The number of benzene rings is 1. The van der Waals surface area contributed by atoms with Crippen molar-refractivity contribution in [2.45, 2.75) is 12.8 Å². The molecular formula is C13H17NO3. The Morgan fingerprint density at radius 3 is 2.41 bits per heavy atom. The maximum absolute atomic E-state index is 12.0. The van der Waals surface area contributed by atoms with Crippen molar-refractivity contribution in [1.82, 2.24) is 0 Å². The van der Waals surface area contributed by atoms with Crippen LogP contribution >= 0.6 is 0 Å². The summed E-state index contributed by atoms with van der Waals surface area (Å²) in [6.07, 6.45) is 0.300. The Balaban J connectivity index is 2.78. The molecule has 0 unspecified atom stereocenters. The molecule has 0 spiro atoms. The molecule has 0 saturated heterocycles. The van der Waals surface area contributed by atoms with Crippen molar-refractivity contribution in [2.24, 2.45) is 0 Å². The molecule has 4 heteroatoms. The first-order chi connectivity index (χ1) is 8.06. The third-order valence-corrected chi connectivity index (χ3v) is 2.47. The minimum absolute atomic E-state index is 0.0419. The Hall–Kier alpha value is -1.84. The second kappa shape index (κ2) is 6.03. The SMILES string of the molecule is COC(=O)CCC(=O)c1ccccc1N(C)C. The minimum atomic E-state index is -0.360. The third kappa shape index (κ3) is 3.59. The van der Waals surface area contributed by atoms with E-state index >= 15 is 0 Å². The van der Waals surface area contributed by atoms with Gasteiger partial charge in [-0.3, -0.25) is 9.59 Å². The Bertz CT molecular complexity index is 413. The second-order valence-corrected chi connectivity index (χ2v) is 3.91. The molecule has 0 atom stereocenters. The van der Waals surface area contributed by atoms with Crippen LogP contribution in [0.15, 0.2) is 24.3 Å². The van der Waals surface area contributed by atoms with Gasteiger partial charge in [0.15, 0.2) is 5.78 Å². The highest BCUT2D eigenvalue weighted by molar-refractivity contribution is 6.02. The van der Waals surface area contributed by atoms with Gasteiger partial charge in [0.2, 0.25) is 0 Å². The first-order valence-electron chi connectivity index (χ1n) is 5.42. The van der Waals surface area contributed by atoms with Gasteiger partial charge >= 0.3 is 5.97 Å². The molecule has 0 fully saturated rings. The maximum atomic E-state index is 12.0. The van der Waals surface area contributed by atoms with Gasteiger partial charge in [-0.1, -0.05) is 12.1 Å². The molecule has 0 bridgehead atoms. The summed E-state index contributed by atoms with van der Waals surface area (Å²) >= 11 is 0. The van der Waals surface area contributed by atoms with Crippen molar-refractivity contribution in [3.63, 3.8) is 0 Å². The van der Waals surface area contributed by atoms with E-state index in [0.29, 0.717) is 5.56 Å². The summed E-state index contributed by atoms with van der Waals surface area (Å²) in [5.74, 6) is -0.402. The normalized spacial score (nSPS) is 9.82. The highest BCUT2D eigenvalue weighted by atomic mass is 16.5. The molecule has 17 heavy (non-hydrogen) atoms. The fourth-order valence-electron chi connectivity index (χ4n) is 1.55. The largest absolute Gasteiger partial charge is 0.469 e. The number of carbonyl (C=O) groups excluding carboxylic acids is 2. The second-order valence-electron chi connectivity index (χ2n) is 3.91. The number of nitrogens with zero attached hydrogens (tertiary/aromatic N) is 1. The molecule has 0 heterocycles. The van der Waals surface area contributed by atoms with E-state index in [9.17, 15) is 9.59 Å². The summed E-state index contributed by atoms with van der Waals surface area (Å²) in [5, 5.41) is 0. The molecule has 1 aromatic rings. The van der Waals surface area contributed by atoms with Crippen molar-refractivity contribution in [3.8, 4) is 0 Å². The summed E-state index contributed by atoms with van der Waals surface area (Å²) < 4.78 is 4.51. The number of anilines is 1. The van der Waals surface area contributed by atoms with Gasteiger partial charge in [-0.15, -0.1) is 0 Å². The lowest BCUT2D eigenvalue weighted by Gasteiger charge is -2.16. The summed E-state index contributed by atoms with van der Waals surface area (Å²) in [6.45, 7) is 0. The lowest BCUT2D eigenvalue weighted by Crippen LogP contribution is -2.14. The predicted molar refractivity (Wildman–Crippen MR) is 66.3 cm³/mol. The van der Waals surface area contributed by atoms with Gasteiger partial charge in [-0.25, -0.2) is 0 Å². The zero-order valence-corrected chi connectivity index (χ0v) is 10.4. The summed E-state index contributed by atoms with van der Waals surface area (Å²) in [7, 11) is 5.08. The number of rotatable bonds is 5. The van der Waals surface area contributed by atoms with Crippen LogP contribution < -0.4 is 4.90 Å². The van der Waals surface area contributed by atoms with E-state index in [1.807, 2.05) is 37.2 Å². The molecule has 1 aromatic carbocycles. The first kappa shape index (κ1) is 13.2. The topological polar surface area (TPSA) is 46.6 Å². The zero-order valence-electron chi connectivity index (χ0n) is 10.4. The fourth-order valence-corrected chi connectivity index (χ4v) is 1.55. The summed E-state index contributed by atoms with van der Waals surface area (Å²) in [4.78, 5) is 24.8. The van der Waals surface area contributed by atoms with E-state index in [1.165, 1.54) is 7.11 Å². The summed E-state index contributed by atoms with van der Waals surface area (Å²) in [5.41, 5.74) is 1.50. The molecule has 0 aliphatic heterocycles. The van der Waals surface area contributed by atoms with Gasteiger partial charge in [-0.05, 0) is 12.1 Å². The Morgan fingerprint density at radius 2 is 1.82 bits per heavy atom. The summed E-state index contributed by atoms with van der Waals surface area (Å²) in [6, 6.07) is 7.35. The van der Waals surface area contributed by atoms with E-state index in [-0.39, 0.29) is 24.6 Å². The maximum Gasteiger partial charge on any atom is 0.305 e. The van der Waals surface area contributed by atoms with Crippen LogP contribution in [-0.4, -0.2) is 33.0 Å². The van der Waals surface area contributed by atoms with Crippen molar-refractivity contribution in [1.29, 1.82) is 0 Å². The molecule has 4 nitrogen and oxygen atoms in total. The molecular weight excluding hydrogens is 218 g/mol. The molecule has 92 valence electrons. The van der Waals surface area contributed by atoms with Crippen molar-refractivity contribution >= 4 is 17.4 Å². The van der Waals surface area contributed by atoms with Gasteiger partial charge in [0, 0.05) is 31.8 Å².